The van der Waals surface area contributed by atoms with E-state index in [0.29, 0.717) is 5.56 Å². The second kappa shape index (κ2) is 7.70. The van der Waals surface area contributed by atoms with Crippen LogP contribution in [0.5, 0.6) is 5.75 Å². The van der Waals surface area contributed by atoms with E-state index in [4.69, 9.17) is 0 Å². The van der Waals surface area contributed by atoms with Crippen LogP contribution in [0.3, 0.4) is 0 Å². The highest BCUT2D eigenvalue weighted by atomic mass is 16.3. The minimum absolute atomic E-state index is 0.118. The highest BCUT2D eigenvalue weighted by Crippen LogP contribution is 2.25. The molecule has 3 aromatic rings. The van der Waals surface area contributed by atoms with E-state index < -0.39 is 6.04 Å². The molecule has 0 spiro atoms. The van der Waals surface area contributed by atoms with Gasteiger partial charge in [0.1, 0.15) is 11.8 Å². The van der Waals surface area contributed by atoms with Crippen molar-refractivity contribution < 1.29 is 9.90 Å². The molecule has 0 saturated carbocycles. The topological polar surface area (TPSA) is 73.7 Å². The van der Waals surface area contributed by atoms with Gasteiger partial charge in [0, 0.05) is 11.3 Å². The van der Waals surface area contributed by atoms with Crippen molar-refractivity contribution in [3.63, 3.8) is 0 Å². The van der Waals surface area contributed by atoms with E-state index in [9.17, 15) is 9.90 Å². The number of anilines is 1. The first-order valence-corrected chi connectivity index (χ1v) is 8.42. The normalized spacial score (nSPS) is 12.2. The van der Waals surface area contributed by atoms with Gasteiger partial charge in [-0.15, -0.1) is 0 Å². The van der Waals surface area contributed by atoms with Crippen LogP contribution in [0, 0.1) is 6.92 Å². The molecule has 0 unspecified atom stereocenters. The lowest BCUT2D eigenvalue weighted by Gasteiger charge is -2.15. The molecule has 5 nitrogen and oxygen atoms in total. The van der Waals surface area contributed by atoms with Crippen LogP contribution < -0.4 is 10.7 Å². The maximum absolute atomic E-state index is 12.2. The van der Waals surface area contributed by atoms with E-state index in [2.05, 4.69) is 15.8 Å². The first-order chi connectivity index (χ1) is 12.6. The molecule has 0 aliphatic rings. The number of carbonyl (C=O) groups excluding carboxylic acids is 1. The lowest BCUT2D eigenvalue weighted by Crippen LogP contribution is -2.35. The van der Waals surface area contributed by atoms with Gasteiger partial charge in [0.2, 0.25) is 0 Å². The number of hydrogen-bond acceptors (Lipinski definition) is 4. The molecular weight excluding hydrogens is 326 g/mol. The van der Waals surface area contributed by atoms with Crippen molar-refractivity contribution in [1.82, 2.24) is 5.43 Å². The summed E-state index contributed by atoms with van der Waals surface area (Å²) < 4.78 is 0. The first-order valence-electron chi connectivity index (χ1n) is 8.42. The van der Waals surface area contributed by atoms with Crippen molar-refractivity contribution in [2.75, 3.05) is 5.32 Å². The zero-order chi connectivity index (χ0) is 18.5. The molecule has 3 rings (SSSR count). The Labute approximate surface area is 152 Å². The quantitative estimate of drug-likeness (QED) is 0.485. The van der Waals surface area contributed by atoms with Crippen LogP contribution in [0.4, 0.5) is 5.69 Å². The van der Waals surface area contributed by atoms with Crippen LogP contribution in [-0.2, 0) is 4.79 Å². The van der Waals surface area contributed by atoms with Crippen molar-refractivity contribution in [2.45, 2.75) is 19.9 Å². The van der Waals surface area contributed by atoms with Gasteiger partial charge in [-0.3, -0.25) is 4.79 Å². The number of phenolic OH excluding ortho intramolecular Hbond substituents is 1. The van der Waals surface area contributed by atoms with Crippen molar-refractivity contribution in [3.8, 4) is 5.75 Å². The lowest BCUT2D eigenvalue weighted by molar-refractivity contribution is -0.121. The average molecular weight is 347 g/mol. The third-order valence-corrected chi connectivity index (χ3v) is 4.23. The monoisotopic (exact) mass is 347 g/mol. The zero-order valence-corrected chi connectivity index (χ0v) is 14.7. The number of aromatic hydroxyl groups is 1. The predicted octanol–water partition coefficient (Wildman–Crippen LogP) is 3.80. The molecule has 0 bridgehead atoms. The smallest absolute Gasteiger partial charge is 0.262 e. The molecular formula is C21H21N3O2. The number of hydrogen-bond donors (Lipinski definition) is 3. The third-order valence-electron chi connectivity index (χ3n) is 4.23. The lowest BCUT2D eigenvalue weighted by atomic mass is 10.0. The molecule has 0 radical (unpaired) electrons. The van der Waals surface area contributed by atoms with E-state index in [-0.39, 0.29) is 11.7 Å². The second-order valence-electron chi connectivity index (χ2n) is 6.13. The van der Waals surface area contributed by atoms with Crippen molar-refractivity contribution >= 4 is 28.6 Å². The molecule has 0 aliphatic heterocycles. The average Bonchev–Trinajstić information content (AvgIpc) is 2.65. The largest absolute Gasteiger partial charge is 0.507 e. The molecule has 0 saturated heterocycles. The molecule has 26 heavy (non-hydrogen) atoms. The summed E-state index contributed by atoms with van der Waals surface area (Å²) in [4.78, 5) is 12.2. The number of para-hydroxylation sites is 1. The van der Waals surface area contributed by atoms with Gasteiger partial charge >= 0.3 is 0 Å². The van der Waals surface area contributed by atoms with Crippen LogP contribution in [0.1, 0.15) is 18.1 Å². The number of rotatable bonds is 5. The first kappa shape index (κ1) is 17.5. The number of amides is 1. The van der Waals surface area contributed by atoms with Crippen LogP contribution in [-0.4, -0.2) is 23.3 Å². The minimum Gasteiger partial charge on any atom is -0.507 e. The van der Waals surface area contributed by atoms with Crippen molar-refractivity contribution in [1.29, 1.82) is 0 Å². The molecule has 0 heterocycles. The summed E-state index contributed by atoms with van der Waals surface area (Å²) in [6.45, 7) is 3.75. The number of carbonyl (C=O) groups is 1. The summed E-state index contributed by atoms with van der Waals surface area (Å²) >= 11 is 0. The number of nitrogens with zero attached hydrogens (tertiary/aromatic N) is 1. The van der Waals surface area contributed by atoms with Gasteiger partial charge in [-0.1, -0.05) is 48.5 Å². The van der Waals surface area contributed by atoms with Crippen LogP contribution in [0.25, 0.3) is 10.8 Å². The number of fused-ring (bicyclic) bond motifs is 1. The molecule has 0 aliphatic carbocycles. The Morgan fingerprint density at radius 2 is 1.81 bits per heavy atom. The highest BCUT2D eigenvalue weighted by molar-refractivity contribution is 6.02. The van der Waals surface area contributed by atoms with E-state index in [1.165, 1.54) is 6.21 Å². The highest BCUT2D eigenvalue weighted by Gasteiger charge is 2.12. The summed E-state index contributed by atoms with van der Waals surface area (Å²) in [5, 5.41) is 19.1. The standard InChI is InChI=1S/C21H21N3O2/c1-14-7-3-6-10-19(14)23-15(2)21(26)24-22-13-18-17-9-5-4-8-16(17)11-12-20(18)25/h3-13,15,23,25H,1-2H3,(H,24,26)/b22-13-/t15-/m0/s1. The zero-order valence-electron chi connectivity index (χ0n) is 14.7. The van der Waals surface area contributed by atoms with Crippen LogP contribution >= 0.6 is 0 Å². The Morgan fingerprint density at radius 1 is 1.08 bits per heavy atom. The van der Waals surface area contributed by atoms with Gasteiger partial charge in [0.15, 0.2) is 0 Å². The fourth-order valence-electron chi connectivity index (χ4n) is 2.71. The number of benzene rings is 3. The number of nitrogens with one attached hydrogen (secondary N) is 2. The van der Waals surface area contributed by atoms with Gasteiger partial charge in [0.05, 0.1) is 6.21 Å². The summed E-state index contributed by atoms with van der Waals surface area (Å²) in [6, 6.07) is 18.5. The van der Waals surface area contributed by atoms with Gasteiger partial charge in [0.25, 0.3) is 5.91 Å². The molecule has 132 valence electrons. The van der Waals surface area contributed by atoms with Crippen molar-refractivity contribution in [3.05, 3.63) is 71.8 Å². The second-order valence-corrected chi connectivity index (χ2v) is 6.13. The molecule has 1 amide bonds. The summed E-state index contributed by atoms with van der Waals surface area (Å²) in [5.41, 5.74) is 5.07. The molecule has 5 heteroatoms. The third kappa shape index (κ3) is 3.83. The fraction of sp³-hybridized carbons (Fsp3) is 0.143. The fourth-order valence-corrected chi connectivity index (χ4v) is 2.71. The Bertz CT molecular complexity index is 966. The number of phenols is 1. The minimum atomic E-state index is -0.450. The molecule has 3 N–H and O–H groups in total. The molecule has 3 aromatic carbocycles. The van der Waals surface area contributed by atoms with Gasteiger partial charge in [-0.2, -0.15) is 5.10 Å². The number of aryl methyl sites for hydroxylation is 1. The SMILES string of the molecule is Cc1ccccc1N[C@@H](C)C(=O)N/N=C\c1c(O)ccc2ccccc12. The summed E-state index contributed by atoms with van der Waals surface area (Å²) in [7, 11) is 0. The van der Waals surface area contributed by atoms with Crippen LogP contribution in [0.15, 0.2) is 65.8 Å². The van der Waals surface area contributed by atoms with E-state index >= 15 is 0 Å². The predicted molar refractivity (Wildman–Crippen MR) is 106 cm³/mol. The molecule has 0 fully saturated rings. The Morgan fingerprint density at radius 3 is 2.62 bits per heavy atom. The van der Waals surface area contributed by atoms with Gasteiger partial charge in [-0.25, -0.2) is 5.43 Å². The van der Waals surface area contributed by atoms with E-state index in [0.717, 1.165) is 22.0 Å². The Kier molecular flexibility index (Phi) is 5.17. The Balaban J connectivity index is 1.70. The van der Waals surface area contributed by atoms with E-state index in [1.807, 2.05) is 61.5 Å². The summed E-state index contributed by atoms with van der Waals surface area (Å²) in [5.74, 6) is -0.142. The van der Waals surface area contributed by atoms with Crippen molar-refractivity contribution in [2.24, 2.45) is 5.10 Å². The maximum Gasteiger partial charge on any atom is 0.262 e. The van der Waals surface area contributed by atoms with Crippen LogP contribution in [0.2, 0.25) is 0 Å². The van der Waals surface area contributed by atoms with Gasteiger partial charge in [-0.05, 0) is 42.3 Å². The summed E-state index contributed by atoms with van der Waals surface area (Å²) in [6.07, 6.45) is 1.47. The Hall–Kier alpha value is -3.34. The van der Waals surface area contributed by atoms with Gasteiger partial charge < -0.3 is 10.4 Å². The molecule has 1 atom stereocenters. The molecule has 0 aromatic heterocycles. The maximum atomic E-state index is 12.2. The number of hydrazone groups is 1. The van der Waals surface area contributed by atoms with E-state index in [1.54, 1.807) is 13.0 Å².